The quantitative estimate of drug-likeness (QED) is 0.639. The summed E-state index contributed by atoms with van der Waals surface area (Å²) >= 11 is 0. The molecule has 2 rings (SSSR count). The Balaban J connectivity index is 1.68. The van der Waals surface area contributed by atoms with Gasteiger partial charge in [-0.25, -0.2) is 4.79 Å². The van der Waals surface area contributed by atoms with E-state index in [1.807, 2.05) is 24.3 Å². The number of carbonyl (C=O) groups excluding carboxylic acids is 1. The maximum absolute atomic E-state index is 12.9. The minimum atomic E-state index is -3.33. The molecule has 4 nitrogen and oxygen atoms in total. The number of nitrogens with one attached hydrogen (secondary N) is 1. The minimum Gasteiger partial charge on any atom is -0.497 e. The number of carbonyl (C=O) groups is 1. The topological polar surface area (TPSA) is 47.6 Å². The highest BCUT2D eigenvalue weighted by Gasteiger charge is 2.50. The third kappa shape index (κ3) is 3.66. The lowest BCUT2D eigenvalue weighted by Gasteiger charge is -2.10. The van der Waals surface area contributed by atoms with Gasteiger partial charge in [-0.2, -0.15) is 8.78 Å². The predicted octanol–water partition coefficient (Wildman–Crippen LogP) is 1.78. The van der Waals surface area contributed by atoms with E-state index in [1.54, 1.807) is 7.11 Å². The van der Waals surface area contributed by atoms with Gasteiger partial charge >= 0.3 is 11.9 Å². The van der Waals surface area contributed by atoms with Gasteiger partial charge in [0.15, 0.2) is 0 Å². The summed E-state index contributed by atoms with van der Waals surface area (Å²) in [6, 6.07) is 7.64. The highest BCUT2D eigenvalue weighted by atomic mass is 19.3. The van der Waals surface area contributed by atoms with Crippen molar-refractivity contribution in [3.63, 3.8) is 0 Å². The van der Waals surface area contributed by atoms with Crippen LogP contribution in [0.5, 0.6) is 5.75 Å². The molecule has 0 radical (unpaired) electrons. The van der Waals surface area contributed by atoms with Gasteiger partial charge in [-0.15, -0.1) is 0 Å². The Labute approximate surface area is 116 Å². The number of ether oxygens (including phenoxy) is 2. The van der Waals surface area contributed by atoms with E-state index < -0.39 is 24.4 Å². The lowest BCUT2D eigenvalue weighted by atomic mass is 10.1. The first-order valence-corrected chi connectivity index (χ1v) is 6.44. The van der Waals surface area contributed by atoms with E-state index in [4.69, 9.17) is 4.74 Å². The summed E-state index contributed by atoms with van der Waals surface area (Å²) in [5.41, 5.74) is 1.12. The molecule has 1 N–H and O–H groups in total. The van der Waals surface area contributed by atoms with Crippen LogP contribution in [-0.4, -0.2) is 38.2 Å². The molecule has 1 aromatic rings. The zero-order valence-corrected chi connectivity index (χ0v) is 11.2. The van der Waals surface area contributed by atoms with Crippen LogP contribution in [-0.2, 0) is 16.0 Å². The van der Waals surface area contributed by atoms with E-state index in [9.17, 15) is 13.6 Å². The van der Waals surface area contributed by atoms with Crippen molar-refractivity contribution >= 4 is 5.97 Å². The number of methoxy groups -OCH3 is 1. The molecule has 1 atom stereocenters. The Morgan fingerprint density at radius 3 is 2.65 bits per heavy atom. The van der Waals surface area contributed by atoms with Crippen LogP contribution in [0.25, 0.3) is 0 Å². The van der Waals surface area contributed by atoms with E-state index in [0.29, 0.717) is 6.54 Å². The van der Waals surface area contributed by atoms with Crippen molar-refractivity contribution in [1.29, 1.82) is 0 Å². The van der Waals surface area contributed by atoms with Gasteiger partial charge in [0.1, 0.15) is 11.9 Å². The maximum Gasteiger partial charge on any atom is 0.377 e. The fourth-order valence-electron chi connectivity index (χ4n) is 2.05. The van der Waals surface area contributed by atoms with Gasteiger partial charge < -0.3 is 14.8 Å². The van der Waals surface area contributed by atoms with Crippen molar-refractivity contribution in [3.05, 3.63) is 29.8 Å². The Bertz CT molecular complexity index is 462. The smallest absolute Gasteiger partial charge is 0.377 e. The van der Waals surface area contributed by atoms with Crippen molar-refractivity contribution < 1.29 is 23.0 Å². The van der Waals surface area contributed by atoms with Crippen LogP contribution in [0.2, 0.25) is 0 Å². The van der Waals surface area contributed by atoms with Crippen LogP contribution in [0.1, 0.15) is 12.0 Å². The van der Waals surface area contributed by atoms with Crippen molar-refractivity contribution in [3.8, 4) is 5.75 Å². The molecular formula is C14H17F2NO3. The average molecular weight is 285 g/mol. The maximum atomic E-state index is 12.9. The lowest BCUT2D eigenvalue weighted by molar-refractivity contribution is -0.158. The second-order valence-corrected chi connectivity index (χ2v) is 4.74. The van der Waals surface area contributed by atoms with Gasteiger partial charge in [0.25, 0.3) is 0 Å². The van der Waals surface area contributed by atoms with Crippen LogP contribution in [0.3, 0.4) is 0 Å². The zero-order valence-electron chi connectivity index (χ0n) is 11.2. The molecule has 0 aliphatic carbocycles. The minimum absolute atomic E-state index is 0.248. The molecule has 1 aliphatic rings. The van der Waals surface area contributed by atoms with Crippen molar-refractivity contribution in [2.75, 3.05) is 20.2 Å². The van der Waals surface area contributed by atoms with E-state index >= 15 is 0 Å². The number of hydrogen-bond acceptors (Lipinski definition) is 4. The normalized spacial score (nSPS) is 20.8. The monoisotopic (exact) mass is 285 g/mol. The second kappa shape index (κ2) is 6.17. The first-order valence-electron chi connectivity index (χ1n) is 6.44. The summed E-state index contributed by atoms with van der Waals surface area (Å²) in [5.74, 6) is -3.95. The van der Waals surface area contributed by atoms with Gasteiger partial charge in [-0.05, 0) is 30.7 Å². The summed E-state index contributed by atoms with van der Waals surface area (Å²) < 4.78 is 35.5. The fraction of sp³-hybridized carbons (Fsp3) is 0.500. The predicted molar refractivity (Wildman–Crippen MR) is 69.0 cm³/mol. The highest BCUT2D eigenvalue weighted by molar-refractivity contribution is 5.79. The number of rotatable bonds is 6. The van der Waals surface area contributed by atoms with Gasteiger partial charge in [0.2, 0.25) is 0 Å². The Morgan fingerprint density at radius 2 is 2.10 bits per heavy atom. The number of halogens is 2. The summed E-state index contributed by atoms with van der Waals surface area (Å²) in [5, 5.41) is 3.02. The van der Waals surface area contributed by atoms with Gasteiger partial charge in [0.05, 0.1) is 13.5 Å². The summed E-state index contributed by atoms with van der Waals surface area (Å²) in [4.78, 5) is 10.8. The third-order valence-corrected chi connectivity index (χ3v) is 3.18. The molecule has 0 amide bonds. The van der Waals surface area contributed by atoms with E-state index in [-0.39, 0.29) is 6.54 Å². The number of esters is 1. The Morgan fingerprint density at radius 1 is 1.40 bits per heavy atom. The molecule has 0 bridgehead atoms. The molecule has 1 unspecified atom stereocenters. The van der Waals surface area contributed by atoms with E-state index in [2.05, 4.69) is 10.1 Å². The molecule has 110 valence electrons. The highest BCUT2D eigenvalue weighted by Crippen LogP contribution is 2.30. The summed E-state index contributed by atoms with van der Waals surface area (Å²) in [6.07, 6.45) is -0.518. The van der Waals surface area contributed by atoms with Crippen molar-refractivity contribution in [2.45, 2.75) is 24.9 Å². The Kier molecular flexibility index (Phi) is 4.54. The van der Waals surface area contributed by atoms with Crippen LogP contribution in [0.4, 0.5) is 8.78 Å². The molecule has 6 heteroatoms. The molecule has 1 aliphatic heterocycles. The summed E-state index contributed by atoms with van der Waals surface area (Å²) in [6.45, 7) is 0.878. The van der Waals surface area contributed by atoms with E-state index in [0.717, 1.165) is 17.7 Å². The summed E-state index contributed by atoms with van der Waals surface area (Å²) in [7, 11) is 1.61. The second-order valence-electron chi connectivity index (χ2n) is 4.74. The van der Waals surface area contributed by atoms with Crippen LogP contribution < -0.4 is 10.1 Å². The van der Waals surface area contributed by atoms with Crippen molar-refractivity contribution in [2.24, 2.45) is 0 Å². The standard InChI is InChI=1S/C14H17F2NO3/c1-19-11-4-2-10(3-5-11)6-7-17-9-12-8-14(15,16)13(18)20-12/h2-5,12,17H,6-9H2,1H3. The van der Waals surface area contributed by atoms with Gasteiger partial charge in [-0.3, -0.25) is 0 Å². The fourth-order valence-corrected chi connectivity index (χ4v) is 2.05. The molecule has 20 heavy (non-hydrogen) atoms. The zero-order chi connectivity index (χ0) is 14.6. The number of alkyl halides is 2. The molecule has 0 saturated carbocycles. The largest absolute Gasteiger partial charge is 0.497 e. The van der Waals surface area contributed by atoms with Crippen LogP contribution in [0.15, 0.2) is 24.3 Å². The first kappa shape index (κ1) is 14.7. The first-order chi connectivity index (χ1) is 9.51. The van der Waals surface area contributed by atoms with Gasteiger partial charge in [-0.1, -0.05) is 12.1 Å². The molecular weight excluding hydrogens is 268 g/mol. The van der Waals surface area contributed by atoms with Crippen LogP contribution in [0, 0.1) is 0 Å². The van der Waals surface area contributed by atoms with Crippen LogP contribution >= 0.6 is 0 Å². The number of hydrogen-bond donors (Lipinski definition) is 1. The number of benzene rings is 1. The lowest BCUT2D eigenvalue weighted by Crippen LogP contribution is -2.28. The molecule has 1 fully saturated rings. The third-order valence-electron chi connectivity index (χ3n) is 3.18. The average Bonchev–Trinajstić information content (AvgIpc) is 2.69. The molecule has 0 spiro atoms. The number of cyclic esters (lactones) is 1. The SMILES string of the molecule is COc1ccc(CCNCC2CC(F)(F)C(=O)O2)cc1. The van der Waals surface area contributed by atoms with E-state index in [1.165, 1.54) is 0 Å². The van der Waals surface area contributed by atoms with Gasteiger partial charge in [0, 0.05) is 6.54 Å². The Hall–Kier alpha value is -1.69. The molecule has 1 saturated heterocycles. The van der Waals surface area contributed by atoms with Crippen molar-refractivity contribution in [1.82, 2.24) is 5.32 Å². The molecule has 0 aromatic heterocycles. The molecule has 1 aromatic carbocycles. The molecule has 1 heterocycles.